The summed E-state index contributed by atoms with van der Waals surface area (Å²) in [7, 11) is 0. The van der Waals surface area contributed by atoms with Crippen LogP contribution in [0.2, 0.25) is 0 Å². The molecular formula is C13H27NO. The Morgan fingerprint density at radius 2 is 1.80 bits per heavy atom. The molecule has 0 bridgehead atoms. The Balaban J connectivity index is 0.000000711. The number of hydrogen-bond donors (Lipinski definition) is 1. The first-order valence-electron chi connectivity index (χ1n) is 6.47. The van der Waals surface area contributed by atoms with E-state index in [2.05, 4.69) is 19.2 Å². The van der Waals surface area contributed by atoms with Gasteiger partial charge in [0.1, 0.15) is 0 Å². The Morgan fingerprint density at radius 1 is 1.27 bits per heavy atom. The van der Waals surface area contributed by atoms with E-state index in [1.54, 1.807) is 0 Å². The van der Waals surface area contributed by atoms with Crippen LogP contribution >= 0.6 is 0 Å². The lowest BCUT2D eigenvalue weighted by atomic mass is 9.73. The second kappa shape index (κ2) is 5.53. The highest BCUT2D eigenvalue weighted by Crippen LogP contribution is 2.35. The van der Waals surface area contributed by atoms with E-state index in [0.717, 1.165) is 24.7 Å². The molecule has 0 aromatic heterocycles. The second-order valence-corrected chi connectivity index (χ2v) is 4.96. The van der Waals surface area contributed by atoms with Gasteiger partial charge in [0.05, 0.1) is 0 Å². The highest BCUT2D eigenvalue weighted by molar-refractivity contribution is 5.81. The molecule has 90 valence electrons. The average Bonchev–Trinajstić information content (AvgIpc) is 2.95. The molecule has 0 spiro atoms. The van der Waals surface area contributed by atoms with Crippen molar-refractivity contribution in [3.05, 3.63) is 0 Å². The largest absolute Gasteiger partial charge is 0.353 e. The van der Waals surface area contributed by atoms with Gasteiger partial charge in [0.15, 0.2) is 0 Å². The van der Waals surface area contributed by atoms with E-state index in [1.807, 2.05) is 13.8 Å². The third kappa shape index (κ3) is 3.51. The first kappa shape index (κ1) is 12.5. The quantitative estimate of drug-likeness (QED) is 0.766. The van der Waals surface area contributed by atoms with Crippen LogP contribution in [0.4, 0.5) is 0 Å². The minimum absolute atomic E-state index is 0. The van der Waals surface area contributed by atoms with Crippen LogP contribution in [0, 0.1) is 17.8 Å². The second-order valence-electron chi connectivity index (χ2n) is 4.96. The normalized spacial score (nSPS) is 28.9. The third-order valence-electron chi connectivity index (χ3n) is 3.41. The highest BCUT2D eigenvalue weighted by Gasteiger charge is 2.36. The summed E-state index contributed by atoms with van der Waals surface area (Å²) >= 11 is 0. The van der Waals surface area contributed by atoms with Crippen molar-refractivity contribution in [2.24, 2.45) is 17.8 Å². The molecule has 0 unspecified atom stereocenters. The fourth-order valence-electron chi connectivity index (χ4n) is 1.99. The summed E-state index contributed by atoms with van der Waals surface area (Å²) < 4.78 is 0. The lowest BCUT2D eigenvalue weighted by Gasteiger charge is -2.38. The molecule has 2 aliphatic rings. The van der Waals surface area contributed by atoms with E-state index in [1.165, 1.54) is 12.8 Å². The Morgan fingerprint density at radius 3 is 2.20 bits per heavy atom. The van der Waals surface area contributed by atoms with Crippen LogP contribution in [0.3, 0.4) is 0 Å². The molecule has 2 aliphatic carbocycles. The Kier molecular flexibility index (Phi) is 4.62. The Hall–Kier alpha value is -0.530. The summed E-state index contributed by atoms with van der Waals surface area (Å²) in [5.41, 5.74) is 0. The topological polar surface area (TPSA) is 29.1 Å². The lowest BCUT2D eigenvalue weighted by Crippen LogP contribution is -2.46. The molecule has 0 heterocycles. The summed E-state index contributed by atoms with van der Waals surface area (Å²) in [6.45, 7) is 8.53. The summed E-state index contributed by atoms with van der Waals surface area (Å²) in [6.07, 6.45) is 4.64. The number of nitrogens with one attached hydrogen (secondary N) is 1. The zero-order valence-corrected chi connectivity index (χ0v) is 10.5. The SMILES string of the molecule is CC.CC(C)C1CC(NC(=O)C2CC2)C1.[HH]. The van der Waals surface area contributed by atoms with Gasteiger partial charge in [-0.2, -0.15) is 0 Å². The zero-order valence-electron chi connectivity index (χ0n) is 10.5. The van der Waals surface area contributed by atoms with E-state index in [-0.39, 0.29) is 1.43 Å². The van der Waals surface area contributed by atoms with Gasteiger partial charge in [0.2, 0.25) is 5.91 Å². The van der Waals surface area contributed by atoms with E-state index < -0.39 is 0 Å². The number of carbonyl (C=O) groups is 1. The molecule has 2 heteroatoms. The first-order chi connectivity index (χ1) is 7.16. The van der Waals surface area contributed by atoms with Gasteiger partial charge >= 0.3 is 0 Å². The first-order valence-corrected chi connectivity index (χ1v) is 6.47. The van der Waals surface area contributed by atoms with E-state index >= 15 is 0 Å². The molecule has 0 aliphatic heterocycles. The lowest BCUT2D eigenvalue weighted by molar-refractivity contribution is -0.124. The smallest absolute Gasteiger partial charge is 0.223 e. The molecule has 0 radical (unpaired) electrons. The van der Waals surface area contributed by atoms with Crippen molar-refractivity contribution in [2.75, 3.05) is 0 Å². The predicted molar refractivity (Wildman–Crippen MR) is 65.7 cm³/mol. The van der Waals surface area contributed by atoms with Crippen LogP contribution in [-0.2, 0) is 4.79 Å². The van der Waals surface area contributed by atoms with Crippen molar-refractivity contribution in [2.45, 2.75) is 59.4 Å². The van der Waals surface area contributed by atoms with Crippen LogP contribution in [-0.4, -0.2) is 11.9 Å². The van der Waals surface area contributed by atoms with Crippen LogP contribution < -0.4 is 5.32 Å². The summed E-state index contributed by atoms with van der Waals surface area (Å²) in [4.78, 5) is 11.4. The van der Waals surface area contributed by atoms with Gasteiger partial charge < -0.3 is 5.32 Å². The van der Waals surface area contributed by atoms with Gasteiger partial charge in [-0.05, 0) is 37.5 Å². The molecular weight excluding hydrogens is 186 g/mol. The van der Waals surface area contributed by atoms with Gasteiger partial charge in [-0.1, -0.05) is 27.7 Å². The zero-order chi connectivity index (χ0) is 11.4. The number of rotatable bonds is 3. The minimum atomic E-state index is 0. The van der Waals surface area contributed by atoms with E-state index in [0.29, 0.717) is 17.9 Å². The fraction of sp³-hybridized carbons (Fsp3) is 0.923. The molecule has 2 saturated carbocycles. The molecule has 0 aromatic rings. The Labute approximate surface area is 95.3 Å². The summed E-state index contributed by atoms with van der Waals surface area (Å²) in [5, 5.41) is 3.12. The summed E-state index contributed by atoms with van der Waals surface area (Å²) in [5.74, 6) is 2.32. The molecule has 2 nitrogen and oxygen atoms in total. The minimum Gasteiger partial charge on any atom is -0.353 e. The van der Waals surface area contributed by atoms with Crippen LogP contribution in [0.1, 0.15) is 54.8 Å². The van der Waals surface area contributed by atoms with Gasteiger partial charge in [0.25, 0.3) is 0 Å². The number of carbonyl (C=O) groups excluding carboxylic acids is 1. The van der Waals surface area contributed by atoms with Gasteiger partial charge in [-0.15, -0.1) is 0 Å². The van der Waals surface area contributed by atoms with Crippen molar-refractivity contribution in [1.29, 1.82) is 0 Å². The van der Waals surface area contributed by atoms with Gasteiger partial charge in [-0.3, -0.25) is 4.79 Å². The van der Waals surface area contributed by atoms with Gasteiger partial charge in [0, 0.05) is 13.4 Å². The molecule has 1 N–H and O–H groups in total. The summed E-state index contributed by atoms with van der Waals surface area (Å²) in [6, 6.07) is 0.500. The van der Waals surface area contributed by atoms with E-state index in [9.17, 15) is 4.79 Å². The van der Waals surface area contributed by atoms with Gasteiger partial charge in [-0.25, -0.2) is 0 Å². The van der Waals surface area contributed by atoms with Crippen molar-refractivity contribution >= 4 is 5.91 Å². The predicted octanol–water partition coefficient (Wildman–Crippen LogP) is 3.22. The highest BCUT2D eigenvalue weighted by atomic mass is 16.2. The maximum Gasteiger partial charge on any atom is 0.223 e. The molecule has 0 atom stereocenters. The molecule has 1 amide bonds. The number of hydrogen-bond acceptors (Lipinski definition) is 1. The molecule has 15 heavy (non-hydrogen) atoms. The fourth-order valence-corrected chi connectivity index (χ4v) is 1.99. The maximum atomic E-state index is 11.4. The number of amides is 1. The van der Waals surface area contributed by atoms with E-state index in [4.69, 9.17) is 0 Å². The van der Waals surface area contributed by atoms with Crippen molar-refractivity contribution in [1.82, 2.24) is 5.32 Å². The molecule has 0 saturated heterocycles. The van der Waals surface area contributed by atoms with Crippen molar-refractivity contribution < 1.29 is 6.22 Å². The Bertz CT molecular complexity index is 208. The van der Waals surface area contributed by atoms with Crippen LogP contribution in [0.15, 0.2) is 0 Å². The molecule has 2 fully saturated rings. The standard InChI is InChI=1S/C11H19NO.C2H6.H2/c1-7(2)9-5-10(6-9)12-11(13)8-3-4-8;1-2;/h7-10H,3-6H2,1-2H3,(H,12,13);1-2H3;1H. The molecule has 2 rings (SSSR count). The van der Waals surface area contributed by atoms with Crippen molar-refractivity contribution in [3.8, 4) is 0 Å². The maximum absolute atomic E-state index is 11.4. The van der Waals surface area contributed by atoms with Crippen molar-refractivity contribution in [3.63, 3.8) is 0 Å². The van der Waals surface area contributed by atoms with Crippen LogP contribution in [0.25, 0.3) is 0 Å². The molecule has 0 aromatic carbocycles. The monoisotopic (exact) mass is 213 g/mol. The van der Waals surface area contributed by atoms with Crippen LogP contribution in [0.5, 0.6) is 0 Å². The third-order valence-corrected chi connectivity index (χ3v) is 3.41. The average molecular weight is 213 g/mol.